The summed E-state index contributed by atoms with van der Waals surface area (Å²) < 4.78 is 6.17. The molecular formula is C18H21NO. The van der Waals surface area contributed by atoms with Crippen molar-refractivity contribution in [2.45, 2.75) is 26.4 Å². The third kappa shape index (κ3) is 2.44. The zero-order valence-electron chi connectivity index (χ0n) is 12.4. The molecule has 0 saturated carbocycles. The molecule has 0 amide bonds. The van der Waals surface area contributed by atoms with Gasteiger partial charge in [-0.25, -0.2) is 0 Å². The van der Waals surface area contributed by atoms with Gasteiger partial charge in [-0.1, -0.05) is 35.9 Å². The maximum atomic E-state index is 6.17. The van der Waals surface area contributed by atoms with Gasteiger partial charge in [-0.2, -0.15) is 0 Å². The fraction of sp³-hybridized carbons (Fsp3) is 0.333. The molecule has 2 heteroatoms. The van der Waals surface area contributed by atoms with Crippen LogP contribution in [-0.4, -0.2) is 19.7 Å². The van der Waals surface area contributed by atoms with Crippen molar-refractivity contribution in [1.82, 2.24) is 5.32 Å². The molecule has 0 bridgehead atoms. The van der Waals surface area contributed by atoms with Crippen LogP contribution in [0.3, 0.4) is 0 Å². The first-order chi connectivity index (χ1) is 9.67. The minimum Gasteiger partial charge on any atom is -0.488 e. The van der Waals surface area contributed by atoms with E-state index >= 15 is 0 Å². The molecule has 0 aromatic heterocycles. The monoisotopic (exact) mass is 267 g/mol. The minimum absolute atomic E-state index is 0.250. The first-order valence-electron chi connectivity index (χ1n) is 7.19. The van der Waals surface area contributed by atoms with E-state index in [-0.39, 0.29) is 6.10 Å². The molecule has 0 spiro atoms. The smallest absolute Gasteiger partial charge is 0.130 e. The molecule has 0 fully saturated rings. The average molecular weight is 267 g/mol. The van der Waals surface area contributed by atoms with Crippen LogP contribution < -0.4 is 10.1 Å². The van der Waals surface area contributed by atoms with Crippen molar-refractivity contribution < 1.29 is 4.74 Å². The molecule has 1 heterocycles. The molecule has 104 valence electrons. The van der Waals surface area contributed by atoms with Crippen LogP contribution in [0.1, 0.15) is 16.7 Å². The van der Waals surface area contributed by atoms with Crippen molar-refractivity contribution in [2.24, 2.45) is 0 Å². The van der Waals surface area contributed by atoms with E-state index in [0.29, 0.717) is 0 Å². The Morgan fingerprint density at radius 3 is 2.75 bits per heavy atom. The lowest BCUT2D eigenvalue weighted by Crippen LogP contribution is -2.27. The molecule has 2 aromatic carbocycles. The van der Waals surface area contributed by atoms with E-state index in [1.165, 1.54) is 27.8 Å². The third-order valence-corrected chi connectivity index (χ3v) is 3.80. The number of ether oxygens (including phenoxy) is 1. The van der Waals surface area contributed by atoms with Gasteiger partial charge in [0.1, 0.15) is 11.9 Å². The highest BCUT2D eigenvalue weighted by Gasteiger charge is 2.25. The summed E-state index contributed by atoms with van der Waals surface area (Å²) in [5.74, 6) is 1.07. The van der Waals surface area contributed by atoms with Gasteiger partial charge in [0.15, 0.2) is 0 Å². The van der Waals surface area contributed by atoms with Crippen LogP contribution in [0.25, 0.3) is 11.1 Å². The predicted molar refractivity (Wildman–Crippen MR) is 83.4 cm³/mol. The quantitative estimate of drug-likeness (QED) is 0.919. The Labute approximate surface area is 120 Å². The van der Waals surface area contributed by atoms with E-state index in [1.54, 1.807) is 0 Å². The SMILES string of the molecule is CNC[C@H]1Cc2cc(C)cc(-c3cccc(C)c3)c2O1. The maximum Gasteiger partial charge on any atom is 0.130 e. The van der Waals surface area contributed by atoms with E-state index in [4.69, 9.17) is 4.74 Å². The second-order valence-electron chi connectivity index (χ2n) is 5.67. The summed E-state index contributed by atoms with van der Waals surface area (Å²) >= 11 is 0. The highest BCUT2D eigenvalue weighted by atomic mass is 16.5. The third-order valence-electron chi connectivity index (χ3n) is 3.80. The summed E-state index contributed by atoms with van der Waals surface area (Å²) in [4.78, 5) is 0. The Kier molecular flexibility index (Phi) is 3.49. The molecule has 0 radical (unpaired) electrons. The van der Waals surface area contributed by atoms with Crippen molar-refractivity contribution in [3.8, 4) is 16.9 Å². The van der Waals surface area contributed by atoms with Crippen molar-refractivity contribution in [3.63, 3.8) is 0 Å². The molecular weight excluding hydrogens is 246 g/mol. The van der Waals surface area contributed by atoms with Gasteiger partial charge in [-0.15, -0.1) is 0 Å². The lowest BCUT2D eigenvalue weighted by molar-refractivity contribution is 0.232. The molecule has 2 aromatic rings. The second-order valence-corrected chi connectivity index (χ2v) is 5.67. The number of rotatable bonds is 3. The number of hydrogen-bond donors (Lipinski definition) is 1. The zero-order valence-corrected chi connectivity index (χ0v) is 12.4. The normalized spacial score (nSPS) is 16.9. The fourth-order valence-electron chi connectivity index (χ4n) is 2.96. The van der Waals surface area contributed by atoms with E-state index in [9.17, 15) is 0 Å². The van der Waals surface area contributed by atoms with Crippen LogP contribution in [0, 0.1) is 13.8 Å². The summed E-state index contributed by atoms with van der Waals surface area (Å²) in [7, 11) is 1.97. The molecule has 0 aliphatic carbocycles. The van der Waals surface area contributed by atoms with Crippen LogP contribution in [0.15, 0.2) is 36.4 Å². The van der Waals surface area contributed by atoms with Gasteiger partial charge < -0.3 is 10.1 Å². The fourth-order valence-corrected chi connectivity index (χ4v) is 2.96. The van der Waals surface area contributed by atoms with Crippen LogP contribution >= 0.6 is 0 Å². The number of fused-ring (bicyclic) bond motifs is 1. The number of nitrogens with one attached hydrogen (secondary N) is 1. The zero-order chi connectivity index (χ0) is 14.1. The van der Waals surface area contributed by atoms with E-state index in [1.807, 2.05) is 7.05 Å². The Bertz CT molecular complexity index is 633. The molecule has 20 heavy (non-hydrogen) atoms. The van der Waals surface area contributed by atoms with Crippen molar-refractivity contribution in [3.05, 3.63) is 53.1 Å². The van der Waals surface area contributed by atoms with Crippen molar-refractivity contribution in [1.29, 1.82) is 0 Å². The van der Waals surface area contributed by atoms with Gasteiger partial charge in [0.25, 0.3) is 0 Å². The topological polar surface area (TPSA) is 21.3 Å². The van der Waals surface area contributed by atoms with Gasteiger partial charge in [0.2, 0.25) is 0 Å². The number of benzene rings is 2. The van der Waals surface area contributed by atoms with Gasteiger partial charge in [-0.3, -0.25) is 0 Å². The first-order valence-corrected chi connectivity index (χ1v) is 7.19. The Morgan fingerprint density at radius 1 is 1.15 bits per heavy atom. The lowest BCUT2D eigenvalue weighted by atomic mass is 9.97. The summed E-state index contributed by atoms with van der Waals surface area (Å²) in [6, 6.07) is 13.1. The standard InChI is InChI=1S/C18H21NO/c1-12-5-4-6-14(7-12)17-9-13(2)8-15-10-16(11-19-3)20-18(15)17/h4-9,16,19H,10-11H2,1-3H3/t16-/m1/s1. The van der Waals surface area contributed by atoms with E-state index in [2.05, 4.69) is 55.6 Å². The number of aryl methyl sites for hydroxylation is 2. The van der Waals surface area contributed by atoms with Gasteiger partial charge in [0.05, 0.1) is 0 Å². The lowest BCUT2D eigenvalue weighted by Gasteiger charge is -2.13. The van der Waals surface area contributed by atoms with Crippen LogP contribution in [0.4, 0.5) is 0 Å². The van der Waals surface area contributed by atoms with Crippen LogP contribution in [-0.2, 0) is 6.42 Å². The second kappa shape index (κ2) is 5.29. The van der Waals surface area contributed by atoms with E-state index < -0.39 is 0 Å². The largest absolute Gasteiger partial charge is 0.488 e. The molecule has 2 nitrogen and oxygen atoms in total. The summed E-state index contributed by atoms with van der Waals surface area (Å²) in [5, 5.41) is 3.20. The van der Waals surface area contributed by atoms with E-state index in [0.717, 1.165) is 18.7 Å². The summed E-state index contributed by atoms with van der Waals surface area (Å²) in [6.07, 6.45) is 1.25. The molecule has 3 rings (SSSR count). The molecule has 1 atom stereocenters. The first kappa shape index (κ1) is 13.2. The van der Waals surface area contributed by atoms with Crippen molar-refractivity contribution >= 4 is 0 Å². The summed E-state index contributed by atoms with van der Waals surface area (Å²) in [6.45, 7) is 5.18. The summed E-state index contributed by atoms with van der Waals surface area (Å²) in [5.41, 5.74) is 6.38. The maximum absolute atomic E-state index is 6.17. The molecule has 1 N–H and O–H groups in total. The van der Waals surface area contributed by atoms with Gasteiger partial charge in [-0.05, 0) is 43.7 Å². The predicted octanol–water partition coefficient (Wildman–Crippen LogP) is 3.49. The van der Waals surface area contributed by atoms with Gasteiger partial charge in [0, 0.05) is 18.5 Å². The van der Waals surface area contributed by atoms with Crippen molar-refractivity contribution in [2.75, 3.05) is 13.6 Å². The number of hydrogen-bond acceptors (Lipinski definition) is 2. The van der Waals surface area contributed by atoms with Crippen LogP contribution in [0.5, 0.6) is 5.75 Å². The van der Waals surface area contributed by atoms with Crippen LogP contribution in [0.2, 0.25) is 0 Å². The Balaban J connectivity index is 2.05. The molecule has 0 unspecified atom stereocenters. The Morgan fingerprint density at radius 2 is 2.00 bits per heavy atom. The number of likely N-dealkylation sites (N-methyl/N-ethyl adjacent to an activating group) is 1. The highest BCUT2D eigenvalue weighted by Crippen LogP contribution is 2.39. The molecule has 1 aliphatic rings. The Hall–Kier alpha value is -1.80. The average Bonchev–Trinajstić information content (AvgIpc) is 2.80. The molecule has 1 aliphatic heterocycles. The highest BCUT2D eigenvalue weighted by molar-refractivity contribution is 5.74. The molecule has 0 saturated heterocycles. The minimum atomic E-state index is 0.250. The van der Waals surface area contributed by atoms with Gasteiger partial charge >= 0.3 is 0 Å².